The highest BCUT2D eigenvalue weighted by molar-refractivity contribution is 9.10. The molecular formula is C15H19BrN4. The highest BCUT2D eigenvalue weighted by atomic mass is 79.9. The summed E-state index contributed by atoms with van der Waals surface area (Å²) in [6.45, 7) is 1.87. The van der Waals surface area contributed by atoms with Crippen molar-refractivity contribution in [2.75, 3.05) is 20.1 Å². The number of nitrogens with zero attached hydrogens (tertiary/aromatic N) is 3. The van der Waals surface area contributed by atoms with Crippen molar-refractivity contribution in [2.24, 2.45) is 11.7 Å². The lowest BCUT2D eigenvalue weighted by atomic mass is 10.00. The normalized spacial score (nSPS) is 23.4. The van der Waals surface area contributed by atoms with E-state index in [-0.39, 0.29) is 0 Å². The van der Waals surface area contributed by atoms with E-state index < -0.39 is 0 Å². The minimum absolute atomic E-state index is 0.485. The second-order valence-electron chi connectivity index (χ2n) is 5.45. The van der Waals surface area contributed by atoms with Crippen LogP contribution in [0.3, 0.4) is 0 Å². The van der Waals surface area contributed by atoms with Gasteiger partial charge in [-0.15, -0.1) is 0 Å². The van der Waals surface area contributed by atoms with Gasteiger partial charge in [0, 0.05) is 12.6 Å². The Bertz CT molecular complexity index is 578. The molecule has 106 valence electrons. The molecule has 1 fully saturated rings. The first-order valence-electron chi connectivity index (χ1n) is 6.89. The van der Waals surface area contributed by atoms with Gasteiger partial charge in [0.2, 0.25) is 0 Å². The zero-order valence-electron chi connectivity index (χ0n) is 11.5. The summed E-state index contributed by atoms with van der Waals surface area (Å²) < 4.78 is 2.84. The SMILES string of the molecule is CN1CC(CN)CC1c1ccc(-n2nccc2Br)cc1. The van der Waals surface area contributed by atoms with Crippen LogP contribution in [0.25, 0.3) is 5.69 Å². The van der Waals surface area contributed by atoms with Crippen LogP contribution in [0, 0.1) is 5.92 Å². The summed E-state index contributed by atoms with van der Waals surface area (Å²) in [6.07, 6.45) is 2.94. The van der Waals surface area contributed by atoms with Crippen LogP contribution in [-0.2, 0) is 0 Å². The lowest BCUT2D eigenvalue weighted by Crippen LogP contribution is -2.20. The van der Waals surface area contributed by atoms with Crippen LogP contribution < -0.4 is 5.73 Å². The zero-order valence-corrected chi connectivity index (χ0v) is 13.1. The Kier molecular flexibility index (Phi) is 3.92. The van der Waals surface area contributed by atoms with E-state index in [9.17, 15) is 0 Å². The van der Waals surface area contributed by atoms with Crippen molar-refractivity contribution < 1.29 is 0 Å². The Morgan fingerprint density at radius 2 is 2.05 bits per heavy atom. The molecule has 0 saturated carbocycles. The average molecular weight is 335 g/mol. The van der Waals surface area contributed by atoms with Gasteiger partial charge in [-0.25, -0.2) is 4.68 Å². The molecule has 2 unspecified atom stereocenters. The Morgan fingerprint density at radius 1 is 1.30 bits per heavy atom. The maximum atomic E-state index is 5.80. The molecular weight excluding hydrogens is 316 g/mol. The summed E-state index contributed by atoms with van der Waals surface area (Å²) in [5.41, 5.74) is 8.23. The van der Waals surface area contributed by atoms with Gasteiger partial charge in [0.1, 0.15) is 4.60 Å². The minimum Gasteiger partial charge on any atom is -0.330 e. The van der Waals surface area contributed by atoms with Crippen molar-refractivity contribution in [1.29, 1.82) is 0 Å². The van der Waals surface area contributed by atoms with Gasteiger partial charge in [0.25, 0.3) is 0 Å². The minimum atomic E-state index is 0.485. The first-order valence-corrected chi connectivity index (χ1v) is 7.68. The molecule has 2 aromatic rings. The number of nitrogens with two attached hydrogens (primary N) is 1. The fourth-order valence-electron chi connectivity index (χ4n) is 2.98. The Hall–Kier alpha value is -1.17. The third kappa shape index (κ3) is 2.53. The standard InChI is InChI=1S/C15H19BrN4/c1-19-10-11(9-17)8-14(19)12-2-4-13(5-3-12)20-15(16)6-7-18-20/h2-7,11,14H,8-10,17H2,1H3. The highest BCUT2D eigenvalue weighted by Crippen LogP contribution is 2.33. The summed E-state index contributed by atoms with van der Waals surface area (Å²) in [7, 11) is 2.18. The summed E-state index contributed by atoms with van der Waals surface area (Å²) in [5, 5.41) is 4.30. The van der Waals surface area contributed by atoms with E-state index in [0.717, 1.165) is 29.8 Å². The van der Waals surface area contributed by atoms with E-state index in [1.54, 1.807) is 6.20 Å². The van der Waals surface area contributed by atoms with Crippen molar-refractivity contribution in [3.8, 4) is 5.69 Å². The number of benzene rings is 1. The molecule has 2 N–H and O–H groups in total. The maximum absolute atomic E-state index is 5.80. The maximum Gasteiger partial charge on any atom is 0.109 e. The quantitative estimate of drug-likeness (QED) is 0.938. The fraction of sp³-hybridized carbons (Fsp3) is 0.400. The van der Waals surface area contributed by atoms with E-state index >= 15 is 0 Å². The predicted octanol–water partition coefficient (Wildman–Crippen LogP) is 2.59. The van der Waals surface area contributed by atoms with Crippen LogP contribution in [-0.4, -0.2) is 34.8 Å². The van der Waals surface area contributed by atoms with E-state index in [4.69, 9.17) is 5.73 Å². The summed E-state index contributed by atoms with van der Waals surface area (Å²) in [5.74, 6) is 0.616. The summed E-state index contributed by atoms with van der Waals surface area (Å²) >= 11 is 3.49. The van der Waals surface area contributed by atoms with Crippen molar-refractivity contribution in [3.63, 3.8) is 0 Å². The third-order valence-electron chi connectivity index (χ3n) is 4.09. The number of aromatic nitrogens is 2. The van der Waals surface area contributed by atoms with Crippen molar-refractivity contribution in [1.82, 2.24) is 14.7 Å². The van der Waals surface area contributed by atoms with E-state index in [2.05, 4.69) is 57.2 Å². The Morgan fingerprint density at radius 3 is 2.60 bits per heavy atom. The monoisotopic (exact) mass is 334 g/mol. The van der Waals surface area contributed by atoms with Crippen LogP contribution >= 0.6 is 15.9 Å². The van der Waals surface area contributed by atoms with Crippen molar-refractivity contribution in [3.05, 3.63) is 46.7 Å². The van der Waals surface area contributed by atoms with Gasteiger partial charge >= 0.3 is 0 Å². The van der Waals surface area contributed by atoms with Crippen LogP contribution in [0.1, 0.15) is 18.0 Å². The van der Waals surface area contributed by atoms with Gasteiger partial charge in [-0.1, -0.05) is 12.1 Å². The zero-order chi connectivity index (χ0) is 14.1. The van der Waals surface area contributed by atoms with Gasteiger partial charge < -0.3 is 5.73 Å². The smallest absolute Gasteiger partial charge is 0.109 e. The number of hydrogen-bond acceptors (Lipinski definition) is 3. The second kappa shape index (κ2) is 5.68. The lowest BCUT2D eigenvalue weighted by Gasteiger charge is -2.19. The van der Waals surface area contributed by atoms with Gasteiger partial charge in [-0.2, -0.15) is 5.10 Å². The van der Waals surface area contributed by atoms with E-state index in [1.807, 2.05) is 10.7 Å². The lowest BCUT2D eigenvalue weighted by molar-refractivity contribution is 0.313. The molecule has 0 amide bonds. The Balaban J connectivity index is 1.82. The molecule has 5 heteroatoms. The van der Waals surface area contributed by atoms with Gasteiger partial charge in [-0.05, 0) is 65.6 Å². The van der Waals surface area contributed by atoms with Gasteiger partial charge in [0.05, 0.1) is 11.9 Å². The molecule has 1 aliphatic heterocycles. The second-order valence-corrected chi connectivity index (χ2v) is 6.26. The molecule has 1 aliphatic rings. The Labute approximate surface area is 127 Å². The van der Waals surface area contributed by atoms with Gasteiger partial charge in [-0.3, -0.25) is 4.90 Å². The fourth-order valence-corrected chi connectivity index (χ4v) is 3.40. The third-order valence-corrected chi connectivity index (χ3v) is 4.69. The topological polar surface area (TPSA) is 47.1 Å². The van der Waals surface area contributed by atoms with E-state index in [1.165, 1.54) is 5.56 Å². The number of hydrogen-bond donors (Lipinski definition) is 1. The van der Waals surface area contributed by atoms with Crippen LogP contribution in [0.5, 0.6) is 0 Å². The van der Waals surface area contributed by atoms with Crippen LogP contribution in [0.15, 0.2) is 41.1 Å². The molecule has 2 heterocycles. The molecule has 3 rings (SSSR count). The molecule has 4 nitrogen and oxygen atoms in total. The highest BCUT2D eigenvalue weighted by Gasteiger charge is 2.29. The van der Waals surface area contributed by atoms with Crippen molar-refractivity contribution in [2.45, 2.75) is 12.5 Å². The van der Waals surface area contributed by atoms with Gasteiger partial charge in [0.15, 0.2) is 0 Å². The number of halogens is 1. The van der Waals surface area contributed by atoms with Crippen molar-refractivity contribution >= 4 is 15.9 Å². The van der Waals surface area contributed by atoms with Crippen LogP contribution in [0.4, 0.5) is 0 Å². The first kappa shape index (κ1) is 13.8. The summed E-state index contributed by atoms with van der Waals surface area (Å²) in [6, 6.07) is 11.1. The molecule has 1 aromatic heterocycles. The number of likely N-dealkylation sites (tertiary alicyclic amines) is 1. The number of rotatable bonds is 3. The van der Waals surface area contributed by atoms with Crippen LogP contribution in [0.2, 0.25) is 0 Å². The predicted molar refractivity (Wildman–Crippen MR) is 83.8 cm³/mol. The van der Waals surface area contributed by atoms with E-state index in [0.29, 0.717) is 12.0 Å². The average Bonchev–Trinajstić information content (AvgIpc) is 3.05. The molecule has 1 aromatic carbocycles. The molecule has 0 radical (unpaired) electrons. The largest absolute Gasteiger partial charge is 0.330 e. The first-order chi connectivity index (χ1) is 9.69. The molecule has 0 bridgehead atoms. The molecule has 0 aliphatic carbocycles. The molecule has 20 heavy (non-hydrogen) atoms. The molecule has 0 spiro atoms. The molecule has 1 saturated heterocycles. The summed E-state index contributed by atoms with van der Waals surface area (Å²) in [4.78, 5) is 2.40. The molecule has 2 atom stereocenters.